The van der Waals surface area contributed by atoms with Crippen LogP contribution in [0.25, 0.3) is 0 Å². The summed E-state index contributed by atoms with van der Waals surface area (Å²) in [6.45, 7) is 0. The zero-order chi connectivity index (χ0) is 24.5. The normalized spacial score (nSPS) is 19.0. The summed E-state index contributed by atoms with van der Waals surface area (Å²) < 4.78 is 30.7. The van der Waals surface area contributed by atoms with E-state index in [0.29, 0.717) is 41.2 Å². The second-order valence-corrected chi connectivity index (χ2v) is 8.68. The first-order valence-electron chi connectivity index (χ1n) is 11.5. The topological polar surface area (TPSA) is 68.8 Å². The fourth-order valence-corrected chi connectivity index (χ4v) is 5.00. The Hall–Kier alpha value is -4.00. The second kappa shape index (κ2) is 9.33. The lowest BCUT2D eigenvalue weighted by atomic mass is 9.78. The SMILES string of the molecule is COc1cc([C@H]2CC(=O)C3=C(C2)Nc2ccccc2N[C@H]3c2cccc(F)c2)cc(OC)c1OC. The lowest BCUT2D eigenvalue weighted by molar-refractivity contribution is -0.116. The summed E-state index contributed by atoms with van der Waals surface area (Å²) in [5.74, 6) is 1.18. The van der Waals surface area contributed by atoms with Crippen LogP contribution in [-0.2, 0) is 4.79 Å². The van der Waals surface area contributed by atoms with Crippen molar-refractivity contribution in [3.63, 3.8) is 0 Å². The fraction of sp³-hybridized carbons (Fsp3) is 0.250. The molecule has 0 spiro atoms. The van der Waals surface area contributed by atoms with Gasteiger partial charge in [-0.15, -0.1) is 0 Å². The van der Waals surface area contributed by atoms with Crippen LogP contribution in [0.15, 0.2) is 71.9 Å². The van der Waals surface area contributed by atoms with Gasteiger partial charge in [-0.2, -0.15) is 0 Å². The second-order valence-electron chi connectivity index (χ2n) is 8.68. The number of anilines is 2. The molecule has 1 heterocycles. The minimum atomic E-state index is -0.467. The number of fused-ring (bicyclic) bond motifs is 1. The van der Waals surface area contributed by atoms with Gasteiger partial charge in [-0.25, -0.2) is 4.39 Å². The first-order valence-corrected chi connectivity index (χ1v) is 11.5. The highest BCUT2D eigenvalue weighted by atomic mass is 19.1. The van der Waals surface area contributed by atoms with E-state index in [0.717, 1.165) is 22.6 Å². The Morgan fingerprint density at radius 1 is 0.829 bits per heavy atom. The number of carbonyl (C=O) groups is 1. The summed E-state index contributed by atoms with van der Waals surface area (Å²) in [4.78, 5) is 13.7. The average molecular weight is 475 g/mol. The fourth-order valence-electron chi connectivity index (χ4n) is 5.00. The van der Waals surface area contributed by atoms with Gasteiger partial charge in [0.25, 0.3) is 0 Å². The Balaban J connectivity index is 1.60. The maximum atomic E-state index is 14.2. The number of hydrogen-bond donors (Lipinski definition) is 2. The molecular weight excluding hydrogens is 447 g/mol. The third-order valence-corrected chi connectivity index (χ3v) is 6.65. The van der Waals surface area contributed by atoms with Crippen LogP contribution in [0, 0.1) is 5.82 Å². The first-order chi connectivity index (χ1) is 17.0. The molecule has 2 atom stereocenters. The molecule has 0 saturated carbocycles. The average Bonchev–Trinajstić information content (AvgIpc) is 3.04. The number of hydrogen-bond acceptors (Lipinski definition) is 6. The van der Waals surface area contributed by atoms with Crippen molar-refractivity contribution >= 4 is 17.2 Å². The summed E-state index contributed by atoms with van der Waals surface area (Å²) in [5.41, 5.74) is 4.82. The third-order valence-electron chi connectivity index (χ3n) is 6.65. The lowest BCUT2D eigenvalue weighted by Gasteiger charge is -2.30. The van der Waals surface area contributed by atoms with Gasteiger partial charge in [0.1, 0.15) is 5.82 Å². The molecule has 6 nitrogen and oxygen atoms in total. The number of ketones is 1. The van der Waals surface area contributed by atoms with Crippen molar-refractivity contribution < 1.29 is 23.4 Å². The number of carbonyl (C=O) groups excluding carboxylic acids is 1. The predicted octanol–water partition coefficient (Wildman–Crippen LogP) is 5.83. The number of rotatable bonds is 5. The van der Waals surface area contributed by atoms with Crippen molar-refractivity contribution in [3.05, 3.63) is 88.9 Å². The quantitative estimate of drug-likeness (QED) is 0.485. The molecule has 0 fully saturated rings. The van der Waals surface area contributed by atoms with E-state index >= 15 is 0 Å². The molecule has 0 saturated heterocycles. The van der Waals surface area contributed by atoms with Crippen LogP contribution < -0.4 is 24.8 Å². The van der Waals surface area contributed by atoms with Gasteiger partial charge in [0.05, 0.1) is 38.7 Å². The van der Waals surface area contributed by atoms with Crippen LogP contribution in [-0.4, -0.2) is 27.1 Å². The largest absolute Gasteiger partial charge is 0.493 e. The molecule has 0 bridgehead atoms. The van der Waals surface area contributed by atoms with E-state index in [1.807, 2.05) is 42.5 Å². The van der Waals surface area contributed by atoms with Crippen molar-refractivity contribution in [1.29, 1.82) is 0 Å². The van der Waals surface area contributed by atoms with E-state index in [1.165, 1.54) is 12.1 Å². The standard InChI is InChI=1S/C28H27FN2O4/c1-33-24-14-18(15-25(34-2)28(24)35-3)17-12-22-26(23(32)13-17)27(16-7-6-8-19(29)11-16)31-21-10-5-4-9-20(21)30-22/h4-11,14-15,17,27,30-31H,12-13H2,1-3H3/t17-,27+/m1/s1. The maximum absolute atomic E-state index is 14.2. The number of ether oxygens (including phenoxy) is 3. The number of para-hydroxylation sites is 2. The van der Waals surface area contributed by atoms with E-state index in [-0.39, 0.29) is 17.5 Å². The third kappa shape index (κ3) is 4.18. The van der Waals surface area contributed by atoms with Crippen molar-refractivity contribution in [3.8, 4) is 17.2 Å². The van der Waals surface area contributed by atoms with Crippen LogP contribution in [0.1, 0.15) is 35.9 Å². The molecule has 7 heteroatoms. The summed E-state index contributed by atoms with van der Waals surface area (Å²) in [6, 6.07) is 17.5. The van der Waals surface area contributed by atoms with Gasteiger partial charge >= 0.3 is 0 Å². The summed E-state index contributed by atoms with van der Waals surface area (Å²) in [6.07, 6.45) is 0.907. The first kappa shape index (κ1) is 22.8. The Bertz CT molecular complexity index is 1290. The zero-order valence-electron chi connectivity index (χ0n) is 19.9. The van der Waals surface area contributed by atoms with E-state index in [2.05, 4.69) is 10.6 Å². The summed E-state index contributed by atoms with van der Waals surface area (Å²) >= 11 is 0. The molecule has 0 aromatic heterocycles. The summed E-state index contributed by atoms with van der Waals surface area (Å²) in [5, 5.41) is 6.98. The smallest absolute Gasteiger partial charge is 0.203 e. The molecule has 180 valence electrons. The van der Waals surface area contributed by atoms with Gasteiger partial charge in [-0.05, 0) is 59.9 Å². The minimum Gasteiger partial charge on any atom is -0.493 e. The lowest BCUT2D eigenvalue weighted by Crippen LogP contribution is -2.27. The molecule has 5 rings (SSSR count). The van der Waals surface area contributed by atoms with Gasteiger partial charge in [-0.1, -0.05) is 24.3 Å². The highest BCUT2D eigenvalue weighted by Gasteiger charge is 2.36. The molecular formula is C28H27FN2O4. The van der Waals surface area contributed by atoms with Crippen LogP contribution in [0.3, 0.4) is 0 Å². The van der Waals surface area contributed by atoms with Crippen LogP contribution in [0.2, 0.25) is 0 Å². The van der Waals surface area contributed by atoms with Crippen LogP contribution in [0.5, 0.6) is 17.2 Å². The van der Waals surface area contributed by atoms with Crippen LogP contribution in [0.4, 0.5) is 15.8 Å². The van der Waals surface area contributed by atoms with E-state index in [1.54, 1.807) is 27.4 Å². The zero-order valence-corrected chi connectivity index (χ0v) is 19.9. The molecule has 0 unspecified atom stereocenters. The Kier molecular flexibility index (Phi) is 6.07. The van der Waals surface area contributed by atoms with Gasteiger partial charge in [0.2, 0.25) is 5.75 Å². The molecule has 1 aliphatic heterocycles. The maximum Gasteiger partial charge on any atom is 0.203 e. The Morgan fingerprint density at radius 3 is 2.20 bits per heavy atom. The van der Waals surface area contributed by atoms with Gasteiger partial charge in [-0.3, -0.25) is 4.79 Å². The van der Waals surface area contributed by atoms with Crippen LogP contribution >= 0.6 is 0 Å². The van der Waals surface area contributed by atoms with Gasteiger partial charge < -0.3 is 24.8 Å². The van der Waals surface area contributed by atoms with Gasteiger partial charge in [0, 0.05) is 17.7 Å². The van der Waals surface area contributed by atoms with Crippen molar-refractivity contribution in [1.82, 2.24) is 0 Å². The number of methoxy groups -OCH3 is 3. The number of benzene rings is 3. The molecule has 0 radical (unpaired) electrons. The number of halogens is 1. The molecule has 3 aromatic carbocycles. The molecule has 2 aliphatic rings. The highest BCUT2D eigenvalue weighted by Crippen LogP contribution is 2.47. The minimum absolute atomic E-state index is 0.00655. The molecule has 0 amide bonds. The number of nitrogens with one attached hydrogen (secondary N) is 2. The van der Waals surface area contributed by atoms with E-state index in [9.17, 15) is 9.18 Å². The molecule has 35 heavy (non-hydrogen) atoms. The van der Waals surface area contributed by atoms with Crippen molar-refractivity contribution in [2.45, 2.75) is 24.8 Å². The van der Waals surface area contributed by atoms with E-state index < -0.39 is 6.04 Å². The number of allylic oxidation sites excluding steroid dienone is 1. The Morgan fingerprint density at radius 2 is 1.54 bits per heavy atom. The van der Waals surface area contributed by atoms with Gasteiger partial charge in [0.15, 0.2) is 17.3 Å². The monoisotopic (exact) mass is 474 g/mol. The summed E-state index contributed by atoms with van der Waals surface area (Å²) in [7, 11) is 4.72. The van der Waals surface area contributed by atoms with Crippen molar-refractivity contribution in [2.24, 2.45) is 0 Å². The molecule has 2 N–H and O–H groups in total. The highest BCUT2D eigenvalue weighted by molar-refractivity contribution is 6.01. The molecule has 1 aliphatic carbocycles. The Labute approximate surface area is 203 Å². The number of Topliss-reactive ketones (excluding diaryl/α,β-unsaturated/α-hetero) is 1. The van der Waals surface area contributed by atoms with E-state index in [4.69, 9.17) is 14.2 Å². The molecule has 3 aromatic rings. The van der Waals surface area contributed by atoms with Crippen molar-refractivity contribution in [2.75, 3.05) is 32.0 Å². The predicted molar refractivity (Wildman–Crippen MR) is 133 cm³/mol.